The van der Waals surface area contributed by atoms with Gasteiger partial charge in [-0.05, 0) is 30.1 Å². The third kappa shape index (κ3) is 3.49. The van der Waals surface area contributed by atoms with Gasteiger partial charge < -0.3 is 0 Å². The lowest BCUT2D eigenvalue weighted by Crippen LogP contribution is -2.22. The van der Waals surface area contributed by atoms with Gasteiger partial charge in [0.15, 0.2) is 0 Å². The maximum Gasteiger partial charge on any atom is 0.0233 e. The summed E-state index contributed by atoms with van der Waals surface area (Å²) in [7, 11) is 0. The molecule has 1 nitrogen and oxygen atoms in total. The number of hydrogen-bond acceptors (Lipinski definition) is 1. The van der Waals surface area contributed by atoms with Gasteiger partial charge >= 0.3 is 0 Å². The van der Waals surface area contributed by atoms with Gasteiger partial charge in [-0.1, -0.05) is 51.1 Å². The molecule has 1 atom stereocenters. The molecule has 0 fully saturated rings. The topological polar surface area (TPSA) is 3.24 Å². The number of benzene rings is 1. The van der Waals surface area contributed by atoms with Crippen LogP contribution in [0.5, 0.6) is 0 Å². The fourth-order valence-corrected chi connectivity index (χ4v) is 1.82. The second-order valence-electron chi connectivity index (χ2n) is 4.23. The van der Waals surface area contributed by atoms with Gasteiger partial charge in [-0.25, -0.2) is 0 Å². The molecular formula is C15H23N. The lowest BCUT2D eigenvalue weighted by molar-refractivity contribution is 0.296. The van der Waals surface area contributed by atoms with E-state index in [1.807, 2.05) is 6.08 Å². The monoisotopic (exact) mass is 217 g/mol. The van der Waals surface area contributed by atoms with E-state index in [0.29, 0.717) is 5.92 Å². The van der Waals surface area contributed by atoms with Gasteiger partial charge in [0, 0.05) is 6.54 Å². The van der Waals surface area contributed by atoms with Gasteiger partial charge in [-0.3, -0.25) is 4.90 Å². The van der Waals surface area contributed by atoms with Crippen molar-refractivity contribution in [1.29, 1.82) is 0 Å². The molecule has 0 aliphatic carbocycles. The van der Waals surface area contributed by atoms with Crippen molar-refractivity contribution in [3.05, 3.63) is 48.0 Å². The van der Waals surface area contributed by atoms with E-state index in [-0.39, 0.29) is 0 Å². The fourth-order valence-electron chi connectivity index (χ4n) is 1.82. The molecule has 1 heteroatoms. The molecule has 1 aromatic rings. The quantitative estimate of drug-likeness (QED) is 0.655. The number of nitrogens with zero attached hydrogens (tertiary/aromatic N) is 1. The fraction of sp³-hybridized carbons (Fsp3) is 0.467. The summed E-state index contributed by atoms with van der Waals surface area (Å²) in [5.74, 6) is 0.441. The smallest absolute Gasteiger partial charge is 0.0233 e. The summed E-state index contributed by atoms with van der Waals surface area (Å²) in [6.07, 6.45) is 2.00. The van der Waals surface area contributed by atoms with Crippen LogP contribution in [-0.2, 0) is 6.54 Å². The van der Waals surface area contributed by atoms with E-state index in [4.69, 9.17) is 0 Å². The van der Waals surface area contributed by atoms with Crippen LogP contribution in [0, 0.1) is 0 Å². The molecule has 1 unspecified atom stereocenters. The molecule has 1 rings (SSSR count). The van der Waals surface area contributed by atoms with E-state index >= 15 is 0 Å². The van der Waals surface area contributed by atoms with Crippen molar-refractivity contribution in [2.45, 2.75) is 33.2 Å². The van der Waals surface area contributed by atoms with Crippen LogP contribution in [0.2, 0.25) is 0 Å². The highest BCUT2D eigenvalue weighted by molar-refractivity contribution is 5.28. The van der Waals surface area contributed by atoms with Gasteiger partial charge in [-0.15, -0.1) is 6.58 Å². The van der Waals surface area contributed by atoms with Crippen LogP contribution < -0.4 is 0 Å². The Morgan fingerprint density at radius 3 is 2.56 bits per heavy atom. The molecule has 0 heterocycles. The SMILES string of the molecule is C=CC(C)c1cccc(CN(CC)CC)c1. The zero-order chi connectivity index (χ0) is 12.0. The van der Waals surface area contributed by atoms with Crippen molar-refractivity contribution in [3.8, 4) is 0 Å². The molecule has 0 radical (unpaired) electrons. The van der Waals surface area contributed by atoms with E-state index in [1.54, 1.807) is 0 Å². The van der Waals surface area contributed by atoms with Gasteiger partial charge in [0.2, 0.25) is 0 Å². The molecule has 0 saturated carbocycles. The highest BCUT2D eigenvalue weighted by atomic mass is 15.1. The van der Waals surface area contributed by atoms with E-state index in [1.165, 1.54) is 11.1 Å². The summed E-state index contributed by atoms with van der Waals surface area (Å²) < 4.78 is 0. The molecule has 0 bridgehead atoms. The first-order valence-electron chi connectivity index (χ1n) is 6.15. The average molecular weight is 217 g/mol. The molecule has 88 valence electrons. The molecule has 1 aromatic carbocycles. The number of rotatable bonds is 6. The third-order valence-corrected chi connectivity index (χ3v) is 3.13. The molecule has 0 aromatic heterocycles. The zero-order valence-electron chi connectivity index (χ0n) is 10.7. The minimum absolute atomic E-state index is 0.441. The minimum Gasteiger partial charge on any atom is -0.300 e. The molecule has 0 aliphatic heterocycles. The maximum atomic E-state index is 3.85. The van der Waals surface area contributed by atoms with Crippen molar-refractivity contribution in [1.82, 2.24) is 4.90 Å². The standard InChI is InChI=1S/C15H23N/c1-5-13(4)15-10-8-9-14(11-15)12-16(6-2)7-3/h5,8-11,13H,1,6-7,12H2,2-4H3. The average Bonchev–Trinajstić information content (AvgIpc) is 2.35. The Balaban J connectivity index is 2.77. The third-order valence-electron chi connectivity index (χ3n) is 3.13. The van der Waals surface area contributed by atoms with E-state index in [9.17, 15) is 0 Å². The Morgan fingerprint density at radius 2 is 2.00 bits per heavy atom. The lowest BCUT2D eigenvalue weighted by atomic mass is 9.99. The minimum atomic E-state index is 0.441. The van der Waals surface area contributed by atoms with Crippen LogP contribution in [0.15, 0.2) is 36.9 Å². The van der Waals surface area contributed by atoms with Gasteiger partial charge in [0.25, 0.3) is 0 Å². The van der Waals surface area contributed by atoms with E-state index in [2.05, 4.69) is 56.5 Å². The van der Waals surface area contributed by atoms with E-state index < -0.39 is 0 Å². The Morgan fingerprint density at radius 1 is 1.31 bits per heavy atom. The normalized spacial score (nSPS) is 12.8. The van der Waals surface area contributed by atoms with Crippen molar-refractivity contribution < 1.29 is 0 Å². The Kier molecular flexibility index (Phi) is 5.27. The van der Waals surface area contributed by atoms with Crippen LogP contribution >= 0.6 is 0 Å². The van der Waals surface area contributed by atoms with Gasteiger partial charge in [-0.2, -0.15) is 0 Å². The Bertz CT molecular complexity index is 326. The molecular weight excluding hydrogens is 194 g/mol. The van der Waals surface area contributed by atoms with Crippen LogP contribution in [0.1, 0.15) is 37.8 Å². The van der Waals surface area contributed by atoms with E-state index in [0.717, 1.165) is 19.6 Å². The zero-order valence-corrected chi connectivity index (χ0v) is 10.7. The molecule has 0 saturated heterocycles. The predicted molar refractivity (Wildman–Crippen MR) is 71.7 cm³/mol. The van der Waals surface area contributed by atoms with Crippen molar-refractivity contribution in [3.63, 3.8) is 0 Å². The largest absolute Gasteiger partial charge is 0.300 e. The summed E-state index contributed by atoms with van der Waals surface area (Å²) in [5.41, 5.74) is 2.76. The summed E-state index contributed by atoms with van der Waals surface area (Å²) in [5, 5.41) is 0. The summed E-state index contributed by atoms with van der Waals surface area (Å²) in [6, 6.07) is 8.83. The van der Waals surface area contributed by atoms with Crippen molar-refractivity contribution >= 4 is 0 Å². The predicted octanol–water partition coefficient (Wildman–Crippen LogP) is 3.82. The Labute approximate surface area is 99.8 Å². The number of hydrogen-bond donors (Lipinski definition) is 0. The first kappa shape index (κ1) is 13.0. The van der Waals surface area contributed by atoms with Crippen LogP contribution in [-0.4, -0.2) is 18.0 Å². The second kappa shape index (κ2) is 6.49. The Hall–Kier alpha value is -1.08. The molecule has 0 N–H and O–H groups in total. The highest BCUT2D eigenvalue weighted by Crippen LogP contribution is 2.18. The van der Waals surface area contributed by atoms with Crippen LogP contribution in [0.25, 0.3) is 0 Å². The van der Waals surface area contributed by atoms with Gasteiger partial charge in [0.05, 0.1) is 0 Å². The molecule has 0 spiro atoms. The first-order chi connectivity index (χ1) is 7.71. The van der Waals surface area contributed by atoms with Crippen LogP contribution in [0.3, 0.4) is 0 Å². The summed E-state index contributed by atoms with van der Waals surface area (Å²) in [4.78, 5) is 2.43. The number of allylic oxidation sites excluding steroid dienone is 1. The lowest BCUT2D eigenvalue weighted by Gasteiger charge is -2.18. The van der Waals surface area contributed by atoms with Crippen molar-refractivity contribution in [2.24, 2.45) is 0 Å². The molecule has 16 heavy (non-hydrogen) atoms. The van der Waals surface area contributed by atoms with Crippen LogP contribution in [0.4, 0.5) is 0 Å². The molecule has 0 aliphatic rings. The summed E-state index contributed by atoms with van der Waals surface area (Å²) in [6.45, 7) is 13.7. The summed E-state index contributed by atoms with van der Waals surface area (Å²) >= 11 is 0. The van der Waals surface area contributed by atoms with Gasteiger partial charge in [0.1, 0.15) is 0 Å². The first-order valence-corrected chi connectivity index (χ1v) is 6.15. The van der Waals surface area contributed by atoms with Crippen molar-refractivity contribution in [2.75, 3.05) is 13.1 Å². The molecule has 0 amide bonds. The maximum absolute atomic E-state index is 3.85. The second-order valence-corrected chi connectivity index (χ2v) is 4.23. The highest BCUT2D eigenvalue weighted by Gasteiger charge is 2.04.